The van der Waals surface area contributed by atoms with Crippen LogP contribution in [0, 0.1) is 11.6 Å². The molecule has 0 aliphatic heterocycles. The summed E-state index contributed by atoms with van der Waals surface area (Å²) in [6.07, 6.45) is 2.77. The number of hydrogen-bond donors (Lipinski definition) is 3. The van der Waals surface area contributed by atoms with Gasteiger partial charge in [-0.1, -0.05) is 0 Å². The first kappa shape index (κ1) is 14.7. The first-order valence-corrected chi connectivity index (χ1v) is 6.72. The van der Waals surface area contributed by atoms with Gasteiger partial charge in [0.2, 0.25) is 0 Å². The minimum absolute atomic E-state index is 0.0619. The number of amides is 1. The number of nitrogens with two attached hydrogens (primary N) is 1. The van der Waals surface area contributed by atoms with Gasteiger partial charge < -0.3 is 10.7 Å². The number of rotatable bonds is 6. The normalized spacial score (nSPS) is 10.2. The van der Waals surface area contributed by atoms with Crippen LogP contribution in [0.3, 0.4) is 0 Å². The molecule has 0 heterocycles. The molecule has 18 heavy (non-hydrogen) atoms. The standard InChI is InChI=1S/C11H15F2N3OS/c1-18-4-2-3-15-11(17)7-5-8(12)10(16-14)9(13)6-7/h5-6,16H,2-4,14H2,1H3,(H,15,17). The number of thioether (sulfide) groups is 1. The smallest absolute Gasteiger partial charge is 0.251 e. The number of nitrogens with one attached hydrogen (secondary N) is 2. The molecule has 0 aromatic heterocycles. The van der Waals surface area contributed by atoms with E-state index in [9.17, 15) is 13.6 Å². The molecule has 4 nitrogen and oxygen atoms in total. The maximum absolute atomic E-state index is 13.3. The van der Waals surface area contributed by atoms with Gasteiger partial charge in [0.1, 0.15) is 5.69 Å². The summed E-state index contributed by atoms with van der Waals surface area (Å²) in [7, 11) is 0. The van der Waals surface area contributed by atoms with Crippen LogP contribution in [0.2, 0.25) is 0 Å². The summed E-state index contributed by atoms with van der Waals surface area (Å²) in [6, 6.07) is 1.89. The van der Waals surface area contributed by atoms with Crippen LogP contribution in [0.4, 0.5) is 14.5 Å². The highest BCUT2D eigenvalue weighted by Gasteiger charge is 2.14. The molecule has 0 saturated heterocycles. The van der Waals surface area contributed by atoms with Crippen LogP contribution in [0.1, 0.15) is 16.8 Å². The van der Waals surface area contributed by atoms with Crippen LogP contribution in [0.5, 0.6) is 0 Å². The number of benzene rings is 1. The van der Waals surface area contributed by atoms with Gasteiger partial charge in [-0.05, 0) is 30.6 Å². The Morgan fingerprint density at radius 2 is 2.00 bits per heavy atom. The number of nitrogen functional groups attached to an aromatic ring is 1. The number of halogens is 2. The fourth-order valence-electron chi connectivity index (χ4n) is 1.36. The first-order chi connectivity index (χ1) is 8.60. The van der Waals surface area contributed by atoms with E-state index >= 15 is 0 Å². The predicted molar refractivity (Wildman–Crippen MR) is 69.5 cm³/mol. The van der Waals surface area contributed by atoms with Crippen molar-refractivity contribution in [3.63, 3.8) is 0 Å². The highest BCUT2D eigenvalue weighted by atomic mass is 32.2. The lowest BCUT2D eigenvalue weighted by molar-refractivity contribution is 0.0953. The summed E-state index contributed by atoms with van der Waals surface area (Å²) in [5.74, 6) is 3.58. The average molecular weight is 275 g/mol. The van der Waals surface area contributed by atoms with Crippen LogP contribution < -0.4 is 16.6 Å². The van der Waals surface area contributed by atoms with Crippen molar-refractivity contribution in [1.29, 1.82) is 0 Å². The topological polar surface area (TPSA) is 67.2 Å². The Morgan fingerprint density at radius 3 is 2.50 bits per heavy atom. The van der Waals surface area contributed by atoms with Gasteiger partial charge in [0.15, 0.2) is 11.6 Å². The summed E-state index contributed by atoms with van der Waals surface area (Å²) in [6.45, 7) is 0.472. The summed E-state index contributed by atoms with van der Waals surface area (Å²) in [5, 5.41) is 2.59. The molecule has 0 unspecified atom stereocenters. The summed E-state index contributed by atoms with van der Waals surface area (Å²) >= 11 is 1.67. The third-order valence-corrected chi connectivity index (χ3v) is 2.96. The number of carbonyl (C=O) groups is 1. The van der Waals surface area contributed by atoms with Gasteiger partial charge in [-0.3, -0.25) is 10.6 Å². The van der Waals surface area contributed by atoms with Crippen LogP contribution in [-0.2, 0) is 0 Å². The lowest BCUT2D eigenvalue weighted by atomic mass is 10.1. The molecule has 1 aromatic rings. The minimum Gasteiger partial charge on any atom is -0.352 e. The van der Waals surface area contributed by atoms with Crippen molar-refractivity contribution in [2.75, 3.05) is 24.0 Å². The molecular formula is C11H15F2N3OS. The predicted octanol–water partition coefficient (Wildman–Crippen LogP) is 1.73. The average Bonchev–Trinajstić information content (AvgIpc) is 2.34. The first-order valence-electron chi connectivity index (χ1n) is 5.33. The molecule has 100 valence electrons. The van der Waals surface area contributed by atoms with Gasteiger partial charge in [0, 0.05) is 12.1 Å². The van der Waals surface area contributed by atoms with E-state index in [2.05, 4.69) is 5.32 Å². The molecule has 0 saturated carbocycles. The highest BCUT2D eigenvalue weighted by Crippen LogP contribution is 2.19. The second-order valence-corrected chi connectivity index (χ2v) is 4.55. The lowest BCUT2D eigenvalue weighted by Crippen LogP contribution is -2.25. The molecule has 1 rings (SSSR count). The Morgan fingerprint density at radius 1 is 1.39 bits per heavy atom. The Hall–Kier alpha value is -1.34. The summed E-state index contributed by atoms with van der Waals surface area (Å²) in [4.78, 5) is 11.6. The Kier molecular flexibility index (Phi) is 5.87. The van der Waals surface area contributed by atoms with E-state index in [1.165, 1.54) is 0 Å². The van der Waals surface area contributed by atoms with Crippen LogP contribution in [0.15, 0.2) is 12.1 Å². The zero-order valence-electron chi connectivity index (χ0n) is 9.93. The van der Waals surface area contributed by atoms with Gasteiger partial charge in [0.25, 0.3) is 5.91 Å². The van der Waals surface area contributed by atoms with Crippen molar-refractivity contribution in [2.24, 2.45) is 5.84 Å². The number of hydrazine groups is 1. The van der Waals surface area contributed by atoms with Crippen LogP contribution in [-0.4, -0.2) is 24.5 Å². The van der Waals surface area contributed by atoms with Gasteiger partial charge in [-0.25, -0.2) is 8.78 Å². The number of anilines is 1. The van der Waals surface area contributed by atoms with E-state index in [0.717, 1.165) is 24.3 Å². The zero-order chi connectivity index (χ0) is 13.5. The summed E-state index contributed by atoms with van der Waals surface area (Å²) in [5.41, 5.74) is 1.39. The zero-order valence-corrected chi connectivity index (χ0v) is 10.7. The molecular weight excluding hydrogens is 260 g/mol. The molecule has 1 amide bonds. The minimum atomic E-state index is -0.897. The van der Waals surface area contributed by atoms with E-state index < -0.39 is 23.2 Å². The molecule has 4 N–H and O–H groups in total. The third-order valence-electron chi connectivity index (χ3n) is 2.26. The second-order valence-electron chi connectivity index (χ2n) is 3.56. The quantitative estimate of drug-likeness (QED) is 0.420. The van der Waals surface area contributed by atoms with Crippen molar-refractivity contribution < 1.29 is 13.6 Å². The maximum atomic E-state index is 13.3. The summed E-state index contributed by atoms with van der Waals surface area (Å²) < 4.78 is 26.7. The van der Waals surface area contributed by atoms with Crippen molar-refractivity contribution in [1.82, 2.24) is 5.32 Å². The van der Waals surface area contributed by atoms with E-state index in [4.69, 9.17) is 5.84 Å². The molecule has 7 heteroatoms. The Balaban J connectivity index is 2.69. The second kappa shape index (κ2) is 7.17. The molecule has 0 fully saturated rings. The molecule has 0 bridgehead atoms. The monoisotopic (exact) mass is 275 g/mol. The van der Waals surface area contributed by atoms with Gasteiger partial charge in [-0.15, -0.1) is 0 Å². The maximum Gasteiger partial charge on any atom is 0.251 e. The fraction of sp³-hybridized carbons (Fsp3) is 0.364. The molecule has 0 spiro atoms. The largest absolute Gasteiger partial charge is 0.352 e. The van der Waals surface area contributed by atoms with Crippen molar-refractivity contribution in [3.8, 4) is 0 Å². The van der Waals surface area contributed by atoms with Crippen molar-refractivity contribution in [3.05, 3.63) is 29.3 Å². The molecule has 0 aliphatic rings. The van der Waals surface area contributed by atoms with E-state index in [1.54, 1.807) is 11.8 Å². The van der Waals surface area contributed by atoms with Crippen molar-refractivity contribution >= 4 is 23.4 Å². The Labute approximate surface area is 108 Å². The number of carbonyl (C=O) groups excluding carboxylic acids is 1. The fourth-order valence-corrected chi connectivity index (χ4v) is 1.80. The van der Waals surface area contributed by atoms with Crippen LogP contribution in [0.25, 0.3) is 0 Å². The molecule has 1 aromatic carbocycles. The molecule has 0 radical (unpaired) electrons. The highest BCUT2D eigenvalue weighted by molar-refractivity contribution is 7.98. The van der Waals surface area contributed by atoms with E-state index in [-0.39, 0.29) is 5.56 Å². The van der Waals surface area contributed by atoms with Gasteiger partial charge >= 0.3 is 0 Å². The van der Waals surface area contributed by atoms with Gasteiger partial charge in [-0.2, -0.15) is 11.8 Å². The lowest BCUT2D eigenvalue weighted by Gasteiger charge is -2.08. The SMILES string of the molecule is CSCCCNC(=O)c1cc(F)c(NN)c(F)c1. The molecule has 0 atom stereocenters. The van der Waals surface area contributed by atoms with E-state index in [0.29, 0.717) is 6.54 Å². The van der Waals surface area contributed by atoms with Crippen molar-refractivity contribution in [2.45, 2.75) is 6.42 Å². The van der Waals surface area contributed by atoms with E-state index in [1.807, 2.05) is 11.7 Å². The number of hydrogen-bond acceptors (Lipinski definition) is 4. The molecule has 0 aliphatic carbocycles. The van der Waals surface area contributed by atoms with Gasteiger partial charge in [0.05, 0.1) is 0 Å². The van der Waals surface area contributed by atoms with Crippen LogP contribution >= 0.6 is 11.8 Å². The Bertz CT molecular complexity index is 406. The third kappa shape index (κ3) is 3.85.